The second kappa shape index (κ2) is 2.66. The average Bonchev–Trinajstić information content (AvgIpc) is 1.88. The fourth-order valence-corrected chi connectivity index (χ4v) is 0.994. The molecule has 0 N–H and O–H groups in total. The van der Waals surface area contributed by atoms with Gasteiger partial charge < -0.3 is 4.79 Å². The second-order valence-electron chi connectivity index (χ2n) is 2.11. The van der Waals surface area contributed by atoms with Crippen molar-refractivity contribution in [2.24, 2.45) is 5.92 Å². The average molecular weight is 205 g/mol. The third-order valence-corrected chi connectivity index (χ3v) is 1.77. The van der Waals surface area contributed by atoms with E-state index in [9.17, 15) is 9.18 Å². The largest absolute Gasteiger partial charge is 0.302 e. The summed E-state index contributed by atoms with van der Waals surface area (Å²) in [6, 6.07) is 0. The second-order valence-corrected chi connectivity index (χ2v) is 3.32. The molecule has 0 aliphatic heterocycles. The number of hydrogen-bond acceptors (Lipinski definition) is 1. The molecule has 0 bridgehead atoms. The van der Waals surface area contributed by atoms with Gasteiger partial charge >= 0.3 is 0 Å². The maximum Gasteiger partial charge on any atom is 0.201 e. The lowest BCUT2D eigenvalue weighted by Crippen LogP contribution is -2.11. The topological polar surface area (TPSA) is 17.1 Å². The van der Waals surface area contributed by atoms with Gasteiger partial charge in [0, 0.05) is 0 Å². The summed E-state index contributed by atoms with van der Waals surface area (Å²) in [5, 5.41) is 0. The molecule has 0 heterocycles. The van der Waals surface area contributed by atoms with Crippen molar-refractivity contribution in [3.8, 4) is 0 Å². The van der Waals surface area contributed by atoms with Gasteiger partial charge in [-0.25, -0.2) is 4.39 Å². The van der Waals surface area contributed by atoms with E-state index in [1.54, 1.807) is 0 Å². The van der Waals surface area contributed by atoms with Crippen LogP contribution in [0.15, 0.2) is 24.3 Å². The predicted octanol–water partition coefficient (Wildman–Crippen LogP) is 1.99. The van der Waals surface area contributed by atoms with Crippen molar-refractivity contribution in [3.05, 3.63) is 24.3 Å². The van der Waals surface area contributed by atoms with Crippen molar-refractivity contribution in [1.82, 2.24) is 0 Å². The summed E-state index contributed by atoms with van der Waals surface area (Å²) in [5.41, 5.74) is 0. The van der Waals surface area contributed by atoms with Crippen molar-refractivity contribution < 1.29 is 9.18 Å². The highest BCUT2D eigenvalue weighted by atomic mass is 79.9. The maximum atomic E-state index is 12.8. The van der Waals surface area contributed by atoms with Gasteiger partial charge in [0.2, 0.25) is 4.58 Å². The molecule has 0 spiro atoms. The Morgan fingerprint density at radius 1 is 1.50 bits per heavy atom. The first kappa shape index (κ1) is 7.66. The van der Waals surface area contributed by atoms with Gasteiger partial charge in [-0.3, -0.25) is 0 Å². The first-order chi connectivity index (χ1) is 4.64. The molecule has 1 rings (SSSR count). The van der Waals surface area contributed by atoms with Crippen LogP contribution < -0.4 is 0 Å². The lowest BCUT2D eigenvalue weighted by atomic mass is 10.0. The van der Waals surface area contributed by atoms with E-state index in [0.29, 0.717) is 0 Å². The molecule has 0 fully saturated rings. The predicted molar refractivity (Wildman–Crippen MR) is 40.6 cm³/mol. The number of hydrogen-bond donors (Lipinski definition) is 0. The van der Waals surface area contributed by atoms with Crippen LogP contribution in [-0.2, 0) is 4.79 Å². The van der Waals surface area contributed by atoms with Gasteiger partial charge in [-0.05, 0) is 28.1 Å². The van der Waals surface area contributed by atoms with E-state index in [-0.39, 0.29) is 5.92 Å². The molecule has 0 atom stereocenters. The third-order valence-electron chi connectivity index (χ3n) is 1.24. The summed E-state index contributed by atoms with van der Waals surface area (Å²) in [6.45, 7) is 0. The molecule has 0 aromatic heterocycles. The molecule has 0 unspecified atom stereocenters. The number of allylic oxidation sites excluding steroid dienone is 4. The zero-order chi connectivity index (χ0) is 7.61. The Kier molecular flexibility index (Phi) is 2.04. The normalized spacial score (nSPS) is 38.0. The standard InChI is InChI=1S/C7H6BrFO/c8-7(9)3-1-6(5-10)2-4-7/h1-6H. The van der Waals surface area contributed by atoms with Crippen LogP contribution in [0.4, 0.5) is 4.39 Å². The van der Waals surface area contributed by atoms with Crippen LogP contribution >= 0.6 is 15.9 Å². The van der Waals surface area contributed by atoms with E-state index >= 15 is 0 Å². The Hall–Kier alpha value is -0.440. The number of halogens is 2. The highest BCUT2D eigenvalue weighted by molar-refractivity contribution is 9.10. The van der Waals surface area contributed by atoms with E-state index < -0.39 is 4.58 Å². The van der Waals surface area contributed by atoms with Crippen LogP contribution in [0, 0.1) is 5.92 Å². The molecule has 1 aliphatic rings. The summed E-state index contributed by atoms with van der Waals surface area (Å²) in [5.74, 6) is -0.263. The minimum Gasteiger partial charge on any atom is -0.302 e. The van der Waals surface area contributed by atoms with Crippen LogP contribution in [0.25, 0.3) is 0 Å². The molecule has 0 aromatic carbocycles. The Balaban J connectivity index is 2.70. The monoisotopic (exact) mass is 204 g/mol. The molecule has 1 aliphatic carbocycles. The third kappa shape index (κ3) is 1.77. The molecule has 0 amide bonds. The van der Waals surface area contributed by atoms with Gasteiger partial charge in [0.25, 0.3) is 0 Å². The van der Waals surface area contributed by atoms with E-state index in [1.807, 2.05) is 0 Å². The van der Waals surface area contributed by atoms with Gasteiger partial charge in [-0.15, -0.1) is 0 Å². The van der Waals surface area contributed by atoms with Gasteiger partial charge in [0.15, 0.2) is 0 Å². The molecule has 0 saturated carbocycles. The van der Waals surface area contributed by atoms with Crippen molar-refractivity contribution in [2.75, 3.05) is 0 Å². The number of alkyl halides is 2. The lowest BCUT2D eigenvalue weighted by Gasteiger charge is -2.13. The van der Waals surface area contributed by atoms with Gasteiger partial charge in [-0.2, -0.15) is 0 Å². The molecular weight excluding hydrogens is 199 g/mol. The SMILES string of the molecule is O=CC1C=CC(F)(Br)C=C1. The summed E-state index contributed by atoms with van der Waals surface area (Å²) in [7, 11) is 0. The van der Waals surface area contributed by atoms with Crippen LogP contribution in [-0.4, -0.2) is 10.9 Å². The quantitative estimate of drug-likeness (QED) is 0.363. The minimum absolute atomic E-state index is 0.263. The Labute approximate surface area is 66.7 Å². The molecule has 0 saturated heterocycles. The molecule has 3 heteroatoms. The molecule has 0 aromatic rings. The Morgan fingerprint density at radius 2 is 2.00 bits per heavy atom. The highest BCUT2D eigenvalue weighted by Gasteiger charge is 2.21. The zero-order valence-electron chi connectivity index (χ0n) is 5.13. The van der Waals surface area contributed by atoms with Crippen molar-refractivity contribution in [3.63, 3.8) is 0 Å². The number of rotatable bonds is 1. The van der Waals surface area contributed by atoms with Gasteiger partial charge in [0.1, 0.15) is 6.29 Å². The van der Waals surface area contributed by atoms with Crippen LogP contribution in [0.5, 0.6) is 0 Å². The summed E-state index contributed by atoms with van der Waals surface area (Å²) < 4.78 is 11.3. The molecule has 10 heavy (non-hydrogen) atoms. The highest BCUT2D eigenvalue weighted by Crippen LogP contribution is 2.27. The van der Waals surface area contributed by atoms with E-state index in [1.165, 1.54) is 24.3 Å². The lowest BCUT2D eigenvalue weighted by molar-refractivity contribution is -0.108. The van der Waals surface area contributed by atoms with Crippen LogP contribution in [0.3, 0.4) is 0 Å². The maximum absolute atomic E-state index is 12.8. The molecule has 54 valence electrons. The molecular formula is C7H6BrFO. The van der Waals surface area contributed by atoms with Crippen LogP contribution in [0.1, 0.15) is 0 Å². The zero-order valence-corrected chi connectivity index (χ0v) is 6.71. The summed E-state index contributed by atoms with van der Waals surface area (Å²) >= 11 is 2.79. The number of aldehydes is 1. The summed E-state index contributed by atoms with van der Waals surface area (Å²) in [4.78, 5) is 10.1. The van der Waals surface area contributed by atoms with E-state index in [2.05, 4.69) is 15.9 Å². The van der Waals surface area contributed by atoms with Crippen LogP contribution in [0.2, 0.25) is 0 Å². The smallest absolute Gasteiger partial charge is 0.201 e. The molecule has 1 nitrogen and oxygen atoms in total. The fourth-order valence-electron chi connectivity index (χ4n) is 0.689. The van der Waals surface area contributed by atoms with Gasteiger partial charge in [0.05, 0.1) is 5.92 Å². The Morgan fingerprint density at radius 3 is 2.40 bits per heavy atom. The van der Waals surface area contributed by atoms with Crippen molar-refractivity contribution in [1.29, 1.82) is 0 Å². The van der Waals surface area contributed by atoms with Gasteiger partial charge in [-0.1, -0.05) is 12.2 Å². The van der Waals surface area contributed by atoms with E-state index in [4.69, 9.17) is 0 Å². The van der Waals surface area contributed by atoms with E-state index in [0.717, 1.165) is 6.29 Å². The fraction of sp³-hybridized carbons (Fsp3) is 0.286. The molecule has 0 radical (unpaired) electrons. The van der Waals surface area contributed by atoms with Crippen molar-refractivity contribution in [2.45, 2.75) is 4.58 Å². The van der Waals surface area contributed by atoms with Crippen molar-refractivity contribution >= 4 is 22.2 Å². The first-order valence-corrected chi connectivity index (χ1v) is 3.65. The number of carbonyl (C=O) groups excluding carboxylic acids is 1. The Bertz CT molecular complexity index is 180. The number of carbonyl (C=O) groups is 1. The first-order valence-electron chi connectivity index (χ1n) is 2.86. The summed E-state index contributed by atoms with van der Waals surface area (Å²) in [6.07, 6.45) is 6.41. The minimum atomic E-state index is -1.55.